The number of carbonyl (C=O) groups excluding carboxylic acids is 1. The highest BCUT2D eigenvalue weighted by Crippen LogP contribution is 2.43. The minimum atomic E-state index is -0.899. The summed E-state index contributed by atoms with van der Waals surface area (Å²) in [6.45, 7) is 3.94. The molecular formula is C21H23N3O3. The molecule has 6 nitrogen and oxygen atoms in total. The van der Waals surface area contributed by atoms with E-state index in [1.165, 1.54) is 0 Å². The maximum Gasteiger partial charge on any atom is 0.252 e. The molecule has 140 valence electrons. The zero-order valence-electron chi connectivity index (χ0n) is 16.0. The lowest BCUT2D eigenvalue weighted by Gasteiger charge is -2.38. The van der Waals surface area contributed by atoms with Gasteiger partial charge in [0.1, 0.15) is 0 Å². The van der Waals surface area contributed by atoms with Crippen LogP contribution in [0, 0.1) is 13.8 Å². The maximum atomic E-state index is 12.5. The van der Waals surface area contributed by atoms with Crippen LogP contribution < -0.4 is 10.1 Å². The van der Waals surface area contributed by atoms with Crippen LogP contribution in [-0.4, -0.2) is 29.4 Å². The molecule has 0 spiro atoms. The highest BCUT2D eigenvalue weighted by Gasteiger charge is 2.41. The Kier molecular flexibility index (Phi) is 4.15. The van der Waals surface area contributed by atoms with Gasteiger partial charge in [-0.1, -0.05) is 30.3 Å². The molecule has 1 unspecified atom stereocenters. The molecule has 1 atom stereocenters. The van der Waals surface area contributed by atoms with Gasteiger partial charge in [0.2, 0.25) is 5.79 Å². The monoisotopic (exact) mass is 365 g/mol. The van der Waals surface area contributed by atoms with Gasteiger partial charge in [-0.15, -0.1) is 0 Å². The van der Waals surface area contributed by atoms with Gasteiger partial charge in [0.05, 0.1) is 11.3 Å². The Morgan fingerprint density at radius 3 is 2.70 bits per heavy atom. The molecule has 0 radical (unpaired) electrons. The molecule has 0 aliphatic carbocycles. The van der Waals surface area contributed by atoms with Gasteiger partial charge in [-0.2, -0.15) is 0 Å². The third-order valence-corrected chi connectivity index (χ3v) is 5.43. The number of fused-ring (bicyclic) bond motifs is 3. The summed E-state index contributed by atoms with van der Waals surface area (Å²) in [4.78, 5) is 17.2. The van der Waals surface area contributed by atoms with E-state index in [1.54, 1.807) is 14.2 Å². The number of hydrogen-bond donors (Lipinski definition) is 1. The summed E-state index contributed by atoms with van der Waals surface area (Å²) in [6.07, 6.45) is 3.12. The summed E-state index contributed by atoms with van der Waals surface area (Å²) >= 11 is 0. The fourth-order valence-corrected chi connectivity index (χ4v) is 3.76. The summed E-state index contributed by atoms with van der Waals surface area (Å²) in [5, 5.41) is 2.73. The standard InChI is InChI=1S/C21H23N3O3/c1-13-14(2)24-12-17(20(25)22-3)16-10-11-21(26-4,15-8-6-5-7-9-15)27-18(16)19(24)23-13/h5-9,12H,10-11H2,1-4H3,(H,22,25). The molecule has 3 heterocycles. The van der Waals surface area contributed by atoms with Gasteiger partial charge in [-0.3, -0.25) is 4.79 Å². The maximum absolute atomic E-state index is 12.5. The second kappa shape index (κ2) is 6.39. The topological polar surface area (TPSA) is 64.9 Å². The Bertz CT molecular complexity index is 1030. The van der Waals surface area contributed by atoms with Crippen molar-refractivity contribution in [1.29, 1.82) is 0 Å². The second-order valence-electron chi connectivity index (χ2n) is 6.83. The first kappa shape index (κ1) is 17.5. The minimum absolute atomic E-state index is 0.132. The number of methoxy groups -OCH3 is 1. The summed E-state index contributed by atoms with van der Waals surface area (Å²) < 4.78 is 14.3. The molecule has 1 amide bonds. The van der Waals surface area contributed by atoms with Crippen molar-refractivity contribution in [3.05, 3.63) is 64.6 Å². The van der Waals surface area contributed by atoms with Gasteiger partial charge >= 0.3 is 0 Å². The average molecular weight is 365 g/mol. The zero-order valence-corrected chi connectivity index (χ0v) is 16.0. The molecule has 0 bridgehead atoms. The summed E-state index contributed by atoms with van der Waals surface area (Å²) in [5.41, 5.74) is 5.03. The molecular weight excluding hydrogens is 342 g/mol. The SMILES string of the molecule is CNC(=O)c1cn2c(C)c(C)nc2c2c1CCC(OC)(c1ccccc1)O2. The molecule has 0 fully saturated rings. The quantitative estimate of drug-likeness (QED) is 0.774. The lowest BCUT2D eigenvalue weighted by atomic mass is 9.92. The lowest BCUT2D eigenvalue weighted by molar-refractivity contribution is -0.183. The number of imidazole rings is 1. The van der Waals surface area contributed by atoms with Crippen molar-refractivity contribution in [3.8, 4) is 5.75 Å². The Hall–Kier alpha value is -2.86. The third kappa shape index (κ3) is 2.59. The number of amides is 1. The van der Waals surface area contributed by atoms with Gasteiger partial charge < -0.3 is 19.2 Å². The van der Waals surface area contributed by atoms with Crippen LogP contribution >= 0.6 is 0 Å². The first-order valence-electron chi connectivity index (χ1n) is 9.03. The van der Waals surface area contributed by atoms with E-state index in [1.807, 2.05) is 54.8 Å². The minimum Gasteiger partial charge on any atom is -0.454 e. The smallest absolute Gasteiger partial charge is 0.252 e. The van der Waals surface area contributed by atoms with Crippen LogP contribution in [0.1, 0.15) is 39.3 Å². The molecule has 1 aliphatic rings. The zero-order chi connectivity index (χ0) is 19.2. The Balaban J connectivity index is 1.96. The number of carbonyl (C=O) groups is 1. The molecule has 6 heteroatoms. The van der Waals surface area contributed by atoms with Crippen LogP contribution in [0.4, 0.5) is 0 Å². The van der Waals surface area contributed by atoms with Crippen LogP contribution in [0.2, 0.25) is 0 Å². The number of aromatic nitrogens is 2. The van der Waals surface area contributed by atoms with Crippen molar-refractivity contribution in [2.45, 2.75) is 32.5 Å². The fourth-order valence-electron chi connectivity index (χ4n) is 3.76. The van der Waals surface area contributed by atoms with Gasteiger partial charge in [-0.25, -0.2) is 4.98 Å². The van der Waals surface area contributed by atoms with Gasteiger partial charge in [-0.05, 0) is 20.3 Å². The van der Waals surface area contributed by atoms with E-state index in [9.17, 15) is 4.79 Å². The van der Waals surface area contributed by atoms with Gasteiger partial charge in [0, 0.05) is 43.6 Å². The Morgan fingerprint density at radius 2 is 2.04 bits per heavy atom. The average Bonchev–Trinajstić information content (AvgIpc) is 3.01. The number of benzene rings is 1. The first-order chi connectivity index (χ1) is 13.0. The van der Waals surface area contributed by atoms with Crippen LogP contribution in [-0.2, 0) is 16.9 Å². The van der Waals surface area contributed by atoms with E-state index in [4.69, 9.17) is 14.5 Å². The van der Waals surface area contributed by atoms with Crippen molar-refractivity contribution >= 4 is 11.6 Å². The Morgan fingerprint density at radius 1 is 1.30 bits per heavy atom. The summed E-state index contributed by atoms with van der Waals surface area (Å²) in [7, 11) is 3.29. The largest absolute Gasteiger partial charge is 0.454 e. The number of ether oxygens (including phenoxy) is 2. The van der Waals surface area contributed by atoms with E-state index < -0.39 is 5.79 Å². The van der Waals surface area contributed by atoms with Crippen molar-refractivity contribution in [2.24, 2.45) is 0 Å². The molecule has 2 aromatic heterocycles. The number of nitrogens with zero attached hydrogens (tertiary/aromatic N) is 2. The van der Waals surface area contributed by atoms with Crippen LogP contribution in [0.15, 0.2) is 36.5 Å². The fraction of sp³-hybridized carbons (Fsp3) is 0.333. The number of aryl methyl sites for hydroxylation is 2. The number of pyridine rings is 1. The van der Waals surface area contributed by atoms with E-state index >= 15 is 0 Å². The van der Waals surface area contributed by atoms with Crippen molar-refractivity contribution in [2.75, 3.05) is 14.2 Å². The van der Waals surface area contributed by atoms with Crippen LogP contribution in [0.3, 0.4) is 0 Å². The molecule has 1 aromatic carbocycles. The van der Waals surface area contributed by atoms with E-state index in [-0.39, 0.29) is 5.91 Å². The molecule has 3 aromatic rings. The number of nitrogens with one attached hydrogen (secondary N) is 1. The van der Waals surface area contributed by atoms with Gasteiger partial charge in [0.15, 0.2) is 11.4 Å². The highest BCUT2D eigenvalue weighted by molar-refractivity contribution is 5.97. The predicted molar refractivity (Wildman–Crippen MR) is 102 cm³/mol. The molecule has 1 N–H and O–H groups in total. The van der Waals surface area contributed by atoms with Crippen LogP contribution in [0.5, 0.6) is 5.75 Å². The van der Waals surface area contributed by atoms with E-state index in [0.29, 0.717) is 29.8 Å². The van der Waals surface area contributed by atoms with Crippen molar-refractivity contribution in [3.63, 3.8) is 0 Å². The van der Waals surface area contributed by atoms with Crippen molar-refractivity contribution in [1.82, 2.24) is 14.7 Å². The van der Waals surface area contributed by atoms with Crippen molar-refractivity contribution < 1.29 is 14.3 Å². The molecule has 1 aliphatic heterocycles. The molecule has 0 saturated heterocycles. The summed E-state index contributed by atoms with van der Waals surface area (Å²) in [6, 6.07) is 9.89. The lowest BCUT2D eigenvalue weighted by Crippen LogP contribution is -2.39. The van der Waals surface area contributed by atoms with Crippen LogP contribution in [0.25, 0.3) is 5.65 Å². The predicted octanol–water partition coefficient (Wildman–Crippen LogP) is 3.14. The summed E-state index contributed by atoms with van der Waals surface area (Å²) in [5.74, 6) is -0.416. The number of hydrogen-bond acceptors (Lipinski definition) is 4. The number of rotatable bonds is 3. The Labute approximate surface area is 158 Å². The van der Waals surface area contributed by atoms with E-state index in [2.05, 4.69) is 5.32 Å². The molecule has 4 rings (SSSR count). The van der Waals surface area contributed by atoms with Gasteiger partial charge in [0.25, 0.3) is 5.91 Å². The first-order valence-corrected chi connectivity index (χ1v) is 9.03. The normalized spacial score (nSPS) is 18.8. The third-order valence-electron chi connectivity index (χ3n) is 5.43. The molecule has 0 saturated carbocycles. The highest BCUT2D eigenvalue weighted by atomic mass is 16.7. The molecule has 27 heavy (non-hydrogen) atoms. The second-order valence-corrected chi connectivity index (χ2v) is 6.83. The van der Waals surface area contributed by atoms with E-state index in [0.717, 1.165) is 22.5 Å².